The summed E-state index contributed by atoms with van der Waals surface area (Å²) < 4.78 is 17.1. The second kappa shape index (κ2) is 7.83. The highest BCUT2D eigenvalue weighted by molar-refractivity contribution is 5.85. The highest BCUT2D eigenvalue weighted by atomic mass is 19.1. The van der Waals surface area contributed by atoms with Crippen LogP contribution in [0.3, 0.4) is 0 Å². The minimum atomic E-state index is -0.939. The van der Waals surface area contributed by atoms with E-state index in [0.29, 0.717) is 28.7 Å². The molecular weight excluding hydrogens is 383 g/mol. The molecule has 0 aliphatic heterocycles. The Morgan fingerprint density at radius 3 is 2.40 bits per heavy atom. The molecule has 0 spiro atoms. The van der Waals surface area contributed by atoms with Gasteiger partial charge in [-0.3, -0.25) is 0 Å². The number of fused-ring (bicyclic) bond motifs is 1. The first kappa shape index (κ1) is 22.0. The molecule has 1 atom stereocenters. The third-order valence-electron chi connectivity index (χ3n) is 5.30. The van der Waals surface area contributed by atoms with Crippen molar-refractivity contribution in [3.63, 3.8) is 0 Å². The van der Waals surface area contributed by atoms with Crippen LogP contribution in [0.15, 0.2) is 18.3 Å². The van der Waals surface area contributed by atoms with Gasteiger partial charge in [-0.2, -0.15) is 0 Å². The normalized spacial score (nSPS) is 13.2. The molecule has 162 valence electrons. The molecule has 0 aliphatic rings. The summed E-state index contributed by atoms with van der Waals surface area (Å²) in [5, 5.41) is 13.3. The molecule has 0 fully saturated rings. The predicted molar refractivity (Wildman–Crippen MR) is 120 cm³/mol. The molecule has 30 heavy (non-hydrogen) atoms. The van der Waals surface area contributed by atoms with Gasteiger partial charge in [-0.05, 0) is 59.2 Å². The van der Waals surface area contributed by atoms with Crippen LogP contribution in [0, 0.1) is 12.7 Å². The van der Waals surface area contributed by atoms with Crippen LogP contribution < -0.4 is 10.2 Å². The number of hydrogen-bond donors (Lipinski definition) is 2. The molecule has 3 rings (SSSR count). The first-order valence-corrected chi connectivity index (χ1v) is 10.1. The largest absolute Gasteiger partial charge is 0.388 e. The van der Waals surface area contributed by atoms with Gasteiger partial charge >= 0.3 is 0 Å². The van der Waals surface area contributed by atoms with Crippen LogP contribution >= 0.6 is 0 Å². The summed E-state index contributed by atoms with van der Waals surface area (Å²) in [4.78, 5) is 15.3. The fourth-order valence-corrected chi connectivity index (χ4v) is 3.28. The standard InChI is InChI=1S/C22H31FN6O/c1-12(2)29-17-10-15(9-16(23)19(17)27-21(29)28(7)8)18-13(3)11-24-20(26-18)25-14(4)22(5,6)30/h9-12,14,30H,1-8H3,(H,24,25,26)/t14-/m1/s1. The number of nitrogens with one attached hydrogen (secondary N) is 1. The number of benzene rings is 1. The fraction of sp³-hybridized carbons (Fsp3) is 0.500. The van der Waals surface area contributed by atoms with Crippen LogP contribution in [0.1, 0.15) is 46.2 Å². The maximum absolute atomic E-state index is 15.1. The van der Waals surface area contributed by atoms with E-state index >= 15 is 4.39 Å². The zero-order valence-electron chi connectivity index (χ0n) is 18.9. The Labute approximate surface area is 177 Å². The summed E-state index contributed by atoms with van der Waals surface area (Å²) >= 11 is 0. The Morgan fingerprint density at radius 1 is 1.17 bits per heavy atom. The number of halogens is 1. The van der Waals surface area contributed by atoms with E-state index in [1.165, 1.54) is 6.07 Å². The Morgan fingerprint density at radius 2 is 1.83 bits per heavy atom. The molecule has 0 bridgehead atoms. The maximum Gasteiger partial charge on any atom is 0.223 e. The number of imidazole rings is 1. The van der Waals surface area contributed by atoms with E-state index in [4.69, 9.17) is 0 Å². The first-order valence-electron chi connectivity index (χ1n) is 10.1. The zero-order chi connectivity index (χ0) is 22.4. The number of nitrogens with zero attached hydrogens (tertiary/aromatic N) is 5. The number of aryl methyl sites for hydroxylation is 1. The molecule has 8 heteroatoms. The molecule has 0 amide bonds. The van der Waals surface area contributed by atoms with Gasteiger partial charge in [0.25, 0.3) is 0 Å². The maximum atomic E-state index is 15.1. The number of aromatic nitrogens is 4. The lowest BCUT2D eigenvalue weighted by atomic mass is 10.0. The Hall–Kier alpha value is -2.74. The van der Waals surface area contributed by atoms with Crippen LogP contribution in [0.4, 0.5) is 16.3 Å². The average molecular weight is 415 g/mol. The lowest BCUT2D eigenvalue weighted by Gasteiger charge is -2.26. The molecule has 1 aromatic carbocycles. The van der Waals surface area contributed by atoms with Crippen molar-refractivity contribution in [3.05, 3.63) is 29.7 Å². The lowest BCUT2D eigenvalue weighted by molar-refractivity contribution is 0.0646. The Kier molecular flexibility index (Phi) is 5.73. The van der Waals surface area contributed by atoms with Crippen molar-refractivity contribution < 1.29 is 9.50 Å². The van der Waals surface area contributed by atoms with Crippen LogP contribution in [0.25, 0.3) is 22.3 Å². The van der Waals surface area contributed by atoms with E-state index in [1.807, 2.05) is 43.5 Å². The van der Waals surface area contributed by atoms with Gasteiger partial charge in [0.2, 0.25) is 11.9 Å². The minimum Gasteiger partial charge on any atom is -0.388 e. The number of aliphatic hydroxyl groups is 1. The molecular formula is C22H31FN6O. The van der Waals surface area contributed by atoms with Gasteiger partial charge in [0.15, 0.2) is 5.82 Å². The Bertz CT molecular complexity index is 1070. The third kappa shape index (κ3) is 4.09. The van der Waals surface area contributed by atoms with E-state index in [0.717, 1.165) is 11.1 Å². The molecule has 0 saturated carbocycles. The monoisotopic (exact) mass is 414 g/mol. The first-order chi connectivity index (χ1) is 13.9. The predicted octanol–water partition coefficient (Wildman–Crippen LogP) is 4.16. The molecule has 0 aliphatic carbocycles. The van der Waals surface area contributed by atoms with Gasteiger partial charge in [-0.25, -0.2) is 19.3 Å². The molecule has 7 nitrogen and oxygen atoms in total. The summed E-state index contributed by atoms with van der Waals surface area (Å²) in [7, 11) is 3.80. The van der Waals surface area contributed by atoms with Crippen LogP contribution in [0.5, 0.6) is 0 Å². The van der Waals surface area contributed by atoms with Crippen molar-refractivity contribution >= 4 is 22.9 Å². The van der Waals surface area contributed by atoms with Gasteiger partial charge in [0, 0.05) is 31.9 Å². The van der Waals surface area contributed by atoms with Crippen molar-refractivity contribution in [3.8, 4) is 11.3 Å². The average Bonchev–Trinajstić information content (AvgIpc) is 3.03. The third-order valence-corrected chi connectivity index (χ3v) is 5.30. The summed E-state index contributed by atoms with van der Waals surface area (Å²) in [6.45, 7) is 11.3. The molecule has 0 unspecified atom stereocenters. The second-order valence-corrected chi connectivity index (χ2v) is 8.84. The number of anilines is 2. The van der Waals surface area contributed by atoms with Gasteiger partial charge in [0.05, 0.1) is 22.9 Å². The molecule has 0 saturated heterocycles. The van der Waals surface area contributed by atoms with Crippen molar-refractivity contribution in [2.75, 3.05) is 24.3 Å². The quantitative estimate of drug-likeness (QED) is 0.631. The van der Waals surface area contributed by atoms with Crippen LogP contribution in [-0.2, 0) is 0 Å². The SMILES string of the molecule is Cc1cnc(N[C@H](C)C(C)(C)O)nc1-c1cc(F)c2nc(N(C)C)n(C(C)C)c2c1. The van der Waals surface area contributed by atoms with E-state index in [2.05, 4.69) is 34.1 Å². The molecule has 0 radical (unpaired) electrons. The summed E-state index contributed by atoms with van der Waals surface area (Å²) in [5.74, 6) is 0.705. The van der Waals surface area contributed by atoms with Gasteiger partial charge < -0.3 is 19.9 Å². The van der Waals surface area contributed by atoms with Crippen molar-refractivity contribution in [2.45, 2.75) is 59.2 Å². The zero-order valence-corrected chi connectivity index (χ0v) is 18.9. The van der Waals surface area contributed by atoms with E-state index in [-0.39, 0.29) is 17.9 Å². The summed E-state index contributed by atoms with van der Waals surface area (Å²) in [6.07, 6.45) is 1.70. The molecule has 3 aromatic rings. The smallest absolute Gasteiger partial charge is 0.223 e. The molecule has 2 N–H and O–H groups in total. The highest BCUT2D eigenvalue weighted by Gasteiger charge is 2.24. The number of rotatable bonds is 6. The Balaban J connectivity index is 2.15. The van der Waals surface area contributed by atoms with Crippen molar-refractivity contribution in [1.29, 1.82) is 0 Å². The van der Waals surface area contributed by atoms with E-state index in [9.17, 15) is 5.11 Å². The van der Waals surface area contributed by atoms with Crippen molar-refractivity contribution in [2.24, 2.45) is 0 Å². The van der Waals surface area contributed by atoms with Crippen molar-refractivity contribution in [1.82, 2.24) is 19.5 Å². The van der Waals surface area contributed by atoms with Crippen LogP contribution in [0.2, 0.25) is 0 Å². The van der Waals surface area contributed by atoms with E-state index in [1.54, 1.807) is 20.0 Å². The lowest BCUT2D eigenvalue weighted by Crippen LogP contribution is -2.39. The fourth-order valence-electron chi connectivity index (χ4n) is 3.28. The minimum absolute atomic E-state index is 0.110. The summed E-state index contributed by atoms with van der Waals surface area (Å²) in [5.41, 5.74) is 2.26. The highest BCUT2D eigenvalue weighted by Crippen LogP contribution is 2.32. The second-order valence-electron chi connectivity index (χ2n) is 8.84. The summed E-state index contributed by atoms with van der Waals surface area (Å²) in [6, 6.07) is 3.24. The van der Waals surface area contributed by atoms with Gasteiger partial charge in [0.1, 0.15) is 5.52 Å². The van der Waals surface area contributed by atoms with Gasteiger partial charge in [-0.1, -0.05) is 0 Å². The van der Waals surface area contributed by atoms with Crippen LogP contribution in [-0.4, -0.2) is 50.4 Å². The van der Waals surface area contributed by atoms with E-state index < -0.39 is 5.60 Å². The topological polar surface area (TPSA) is 79.1 Å². The molecule has 2 aromatic heterocycles. The van der Waals surface area contributed by atoms with Gasteiger partial charge in [-0.15, -0.1) is 0 Å². The number of hydrogen-bond acceptors (Lipinski definition) is 6. The molecule has 2 heterocycles.